The highest BCUT2D eigenvalue weighted by atomic mass is 16.3. The fraction of sp³-hybridized carbons (Fsp3) is 0.222. The van der Waals surface area contributed by atoms with Crippen molar-refractivity contribution in [3.8, 4) is 5.75 Å². The first-order valence-corrected chi connectivity index (χ1v) is 7.59. The molecule has 5 nitrogen and oxygen atoms in total. The molecule has 3 rings (SSSR count). The van der Waals surface area contributed by atoms with Crippen molar-refractivity contribution < 1.29 is 14.7 Å². The van der Waals surface area contributed by atoms with Crippen LogP contribution >= 0.6 is 0 Å². The van der Waals surface area contributed by atoms with Crippen LogP contribution in [0.1, 0.15) is 28.8 Å². The maximum absolute atomic E-state index is 12.2. The Labute approximate surface area is 134 Å². The van der Waals surface area contributed by atoms with Crippen LogP contribution in [0.15, 0.2) is 48.5 Å². The third-order valence-corrected chi connectivity index (χ3v) is 3.88. The summed E-state index contributed by atoms with van der Waals surface area (Å²) in [4.78, 5) is 25.7. The number of nitrogens with one attached hydrogen (secondary N) is 1. The number of phenols is 1. The van der Waals surface area contributed by atoms with E-state index in [9.17, 15) is 14.7 Å². The van der Waals surface area contributed by atoms with Gasteiger partial charge in [0.2, 0.25) is 5.91 Å². The molecule has 1 aliphatic heterocycles. The zero-order chi connectivity index (χ0) is 16.2. The maximum atomic E-state index is 12.2. The van der Waals surface area contributed by atoms with Gasteiger partial charge in [0.15, 0.2) is 0 Å². The van der Waals surface area contributed by atoms with Gasteiger partial charge in [-0.3, -0.25) is 9.59 Å². The predicted molar refractivity (Wildman–Crippen MR) is 87.2 cm³/mol. The highest BCUT2D eigenvalue weighted by Gasteiger charge is 2.20. The molecule has 1 saturated heterocycles. The van der Waals surface area contributed by atoms with E-state index in [1.54, 1.807) is 24.3 Å². The monoisotopic (exact) mass is 310 g/mol. The summed E-state index contributed by atoms with van der Waals surface area (Å²) in [6.07, 6.45) is 1.52. The number of phenolic OH excluding ortho intramolecular Hbond substituents is 1. The minimum Gasteiger partial charge on any atom is -0.507 e. The average molecular weight is 310 g/mol. The van der Waals surface area contributed by atoms with E-state index in [1.807, 2.05) is 23.1 Å². The van der Waals surface area contributed by atoms with Crippen LogP contribution in [0.25, 0.3) is 0 Å². The van der Waals surface area contributed by atoms with E-state index in [1.165, 1.54) is 6.07 Å². The van der Waals surface area contributed by atoms with Crippen LogP contribution in [0.2, 0.25) is 0 Å². The van der Waals surface area contributed by atoms with Gasteiger partial charge in [-0.15, -0.1) is 0 Å². The van der Waals surface area contributed by atoms with Crippen molar-refractivity contribution >= 4 is 17.5 Å². The molecule has 1 heterocycles. The van der Waals surface area contributed by atoms with E-state index in [0.29, 0.717) is 18.7 Å². The predicted octanol–water partition coefficient (Wildman–Crippen LogP) is 2.77. The van der Waals surface area contributed by atoms with Crippen LogP contribution in [0.4, 0.5) is 5.69 Å². The number of para-hydroxylation sites is 1. The van der Waals surface area contributed by atoms with Crippen LogP contribution in [-0.2, 0) is 11.3 Å². The second-order valence-electron chi connectivity index (χ2n) is 5.59. The SMILES string of the molecule is O=C(Nc1cccc(CN2CCCC2=O)c1)c1ccccc1O. The van der Waals surface area contributed by atoms with Crippen LogP contribution in [0.5, 0.6) is 5.75 Å². The molecule has 2 amide bonds. The summed E-state index contributed by atoms with van der Waals surface area (Å²) in [5.41, 5.74) is 1.84. The quantitative estimate of drug-likeness (QED) is 0.912. The summed E-state index contributed by atoms with van der Waals surface area (Å²) in [5.74, 6) is -0.241. The summed E-state index contributed by atoms with van der Waals surface area (Å²) in [6, 6.07) is 13.8. The minimum absolute atomic E-state index is 0.0520. The van der Waals surface area contributed by atoms with Crippen LogP contribution in [-0.4, -0.2) is 28.4 Å². The third-order valence-electron chi connectivity index (χ3n) is 3.88. The van der Waals surface area contributed by atoms with E-state index in [2.05, 4.69) is 5.32 Å². The molecule has 118 valence electrons. The van der Waals surface area contributed by atoms with Crippen molar-refractivity contribution in [3.63, 3.8) is 0 Å². The van der Waals surface area contributed by atoms with Gasteiger partial charge in [0.25, 0.3) is 5.91 Å². The fourth-order valence-corrected chi connectivity index (χ4v) is 2.70. The van der Waals surface area contributed by atoms with E-state index in [4.69, 9.17) is 0 Å². The van der Waals surface area contributed by atoms with Crippen molar-refractivity contribution in [1.29, 1.82) is 0 Å². The molecule has 0 aromatic heterocycles. The number of benzene rings is 2. The largest absolute Gasteiger partial charge is 0.507 e. The highest BCUT2D eigenvalue weighted by Crippen LogP contribution is 2.20. The fourth-order valence-electron chi connectivity index (χ4n) is 2.70. The number of anilines is 1. The van der Waals surface area contributed by atoms with Gasteiger partial charge in [0.05, 0.1) is 5.56 Å². The second-order valence-corrected chi connectivity index (χ2v) is 5.59. The van der Waals surface area contributed by atoms with Crippen molar-refractivity contribution in [1.82, 2.24) is 4.90 Å². The Bertz CT molecular complexity index is 743. The first-order chi connectivity index (χ1) is 11.1. The van der Waals surface area contributed by atoms with Crippen molar-refractivity contribution in [2.24, 2.45) is 0 Å². The molecule has 0 spiro atoms. The molecule has 0 unspecified atom stereocenters. The van der Waals surface area contributed by atoms with Gasteiger partial charge in [-0.05, 0) is 36.2 Å². The lowest BCUT2D eigenvalue weighted by molar-refractivity contribution is -0.128. The Morgan fingerprint density at radius 3 is 2.74 bits per heavy atom. The first kappa shape index (κ1) is 15.1. The number of hydrogen-bond donors (Lipinski definition) is 2. The number of rotatable bonds is 4. The zero-order valence-electron chi connectivity index (χ0n) is 12.7. The second kappa shape index (κ2) is 6.52. The van der Waals surface area contributed by atoms with Gasteiger partial charge in [-0.2, -0.15) is 0 Å². The summed E-state index contributed by atoms with van der Waals surface area (Å²) in [7, 11) is 0. The maximum Gasteiger partial charge on any atom is 0.259 e. The Kier molecular flexibility index (Phi) is 4.28. The standard InChI is InChI=1S/C18H18N2O3/c21-16-8-2-1-7-15(16)18(23)19-14-6-3-5-13(11-14)12-20-10-4-9-17(20)22/h1-3,5-8,11,21H,4,9-10,12H2,(H,19,23). The molecule has 0 atom stereocenters. The molecule has 23 heavy (non-hydrogen) atoms. The molecule has 0 aliphatic carbocycles. The third kappa shape index (κ3) is 3.51. The van der Waals surface area contributed by atoms with Crippen molar-refractivity contribution in [2.75, 3.05) is 11.9 Å². The Morgan fingerprint density at radius 1 is 1.17 bits per heavy atom. The van der Waals surface area contributed by atoms with Crippen molar-refractivity contribution in [3.05, 3.63) is 59.7 Å². The molecule has 1 aliphatic rings. The number of amides is 2. The number of aromatic hydroxyl groups is 1. The molecular weight excluding hydrogens is 292 g/mol. The van der Waals surface area contributed by atoms with E-state index < -0.39 is 0 Å². The summed E-state index contributed by atoms with van der Waals surface area (Å²) in [5, 5.41) is 12.5. The lowest BCUT2D eigenvalue weighted by Crippen LogP contribution is -2.23. The van der Waals surface area contributed by atoms with Gasteiger partial charge in [0, 0.05) is 25.2 Å². The molecule has 2 aromatic carbocycles. The van der Waals surface area contributed by atoms with Crippen LogP contribution in [0, 0.1) is 0 Å². The summed E-state index contributed by atoms with van der Waals surface area (Å²) in [6.45, 7) is 1.34. The Hall–Kier alpha value is -2.82. The number of hydrogen-bond acceptors (Lipinski definition) is 3. The molecular formula is C18H18N2O3. The van der Waals surface area contributed by atoms with E-state index >= 15 is 0 Å². The van der Waals surface area contributed by atoms with Crippen LogP contribution in [0.3, 0.4) is 0 Å². The number of likely N-dealkylation sites (tertiary alicyclic amines) is 1. The topological polar surface area (TPSA) is 69.6 Å². The molecule has 2 aromatic rings. The number of carbonyl (C=O) groups excluding carboxylic acids is 2. The van der Waals surface area contributed by atoms with Gasteiger partial charge in [0.1, 0.15) is 5.75 Å². The molecule has 1 fully saturated rings. The van der Waals surface area contributed by atoms with Gasteiger partial charge < -0.3 is 15.3 Å². The Balaban J connectivity index is 1.71. The smallest absolute Gasteiger partial charge is 0.259 e. The van der Waals surface area contributed by atoms with Crippen LogP contribution < -0.4 is 5.32 Å². The number of nitrogens with zero attached hydrogens (tertiary/aromatic N) is 1. The van der Waals surface area contributed by atoms with Gasteiger partial charge in [-0.25, -0.2) is 0 Å². The Morgan fingerprint density at radius 2 is 2.00 bits per heavy atom. The first-order valence-electron chi connectivity index (χ1n) is 7.59. The minimum atomic E-state index is -0.363. The molecule has 0 radical (unpaired) electrons. The zero-order valence-corrected chi connectivity index (χ0v) is 12.7. The molecule has 0 saturated carbocycles. The van der Waals surface area contributed by atoms with Crippen molar-refractivity contribution in [2.45, 2.75) is 19.4 Å². The molecule has 5 heteroatoms. The normalized spacial score (nSPS) is 14.1. The lowest BCUT2D eigenvalue weighted by atomic mass is 10.1. The summed E-state index contributed by atoms with van der Waals surface area (Å²) < 4.78 is 0. The molecule has 0 bridgehead atoms. The average Bonchev–Trinajstić information content (AvgIpc) is 2.93. The summed E-state index contributed by atoms with van der Waals surface area (Å²) >= 11 is 0. The van der Waals surface area contributed by atoms with E-state index in [0.717, 1.165) is 18.5 Å². The molecule has 2 N–H and O–H groups in total. The van der Waals surface area contributed by atoms with E-state index in [-0.39, 0.29) is 23.1 Å². The van der Waals surface area contributed by atoms with Gasteiger partial charge in [-0.1, -0.05) is 24.3 Å². The number of carbonyl (C=O) groups is 2. The highest BCUT2D eigenvalue weighted by molar-refractivity contribution is 6.06. The van der Waals surface area contributed by atoms with Gasteiger partial charge >= 0.3 is 0 Å². The lowest BCUT2D eigenvalue weighted by Gasteiger charge is -2.16.